The largest absolute Gasteiger partial charge is 0.344 e. The third-order valence-corrected chi connectivity index (χ3v) is 3.02. The minimum atomic E-state index is -0.410. The molecule has 14 heavy (non-hydrogen) atoms. The molecule has 0 saturated carbocycles. The van der Waals surface area contributed by atoms with Crippen molar-refractivity contribution in [3.63, 3.8) is 0 Å². The van der Waals surface area contributed by atoms with Gasteiger partial charge in [0.2, 0.25) is 0 Å². The standard InChI is InChI=1S/C9H13BrO2.C2H6/c1-9(2)11-7-5-3-4-6(10)8(7)12-9;1-2/h4,7-8H,3,5H2,1-2H3;1-2H3. The van der Waals surface area contributed by atoms with Crippen LogP contribution in [0.3, 0.4) is 0 Å². The quantitative estimate of drug-likeness (QED) is 0.664. The van der Waals surface area contributed by atoms with Gasteiger partial charge >= 0.3 is 0 Å². The van der Waals surface area contributed by atoms with E-state index in [0.29, 0.717) is 0 Å². The smallest absolute Gasteiger partial charge is 0.164 e. The van der Waals surface area contributed by atoms with Crippen LogP contribution in [0.5, 0.6) is 0 Å². The molecule has 0 bridgehead atoms. The normalized spacial score (nSPS) is 33.9. The van der Waals surface area contributed by atoms with Gasteiger partial charge in [-0.15, -0.1) is 0 Å². The molecule has 1 aliphatic carbocycles. The predicted octanol–water partition coefficient (Wildman–Crippen LogP) is 3.61. The zero-order valence-corrected chi connectivity index (χ0v) is 10.9. The first-order chi connectivity index (χ1) is 6.58. The van der Waals surface area contributed by atoms with Crippen molar-refractivity contribution < 1.29 is 9.47 Å². The molecule has 0 radical (unpaired) electrons. The first-order valence-corrected chi connectivity index (χ1v) is 6.09. The Hall–Kier alpha value is 0.140. The van der Waals surface area contributed by atoms with E-state index in [4.69, 9.17) is 9.47 Å². The van der Waals surface area contributed by atoms with Crippen LogP contribution in [0.25, 0.3) is 0 Å². The minimum Gasteiger partial charge on any atom is -0.344 e. The first-order valence-electron chi connectivity index (χ1n) is 5.30. The molecule has 0 aromatic carbocycles. The Labute approximate surface area is 94.8 Å². The van der Waals surface area contributed by atoms with Crippen molar-refractivity contribution in [2.24, 2.45) is 0 Å². The lowest BCUT2D eigenvalue weighted by Gasteiger charge is -2.19. The van der Waals surface area contributed by atoms with E-state index in [2.05, 4.69) is 22.0 Å². The summed E-state index contributed by atoms with van der Waals surface area (Å²) in [6, 6.07) is 0. The van der Waals surface area contributed by atoms with Crippen molar-refractivity contribution in [2.75, 3.05) is 0 Å². The van der Waals surface area contributed by atoms with E-state index >= 15 is 0 Å². The average molecular weight is 263 g/mol. The van der Waals surface area contributed by atoms with E-state index in [1.807, 2.05) is 27.7 Å². The highest BCUT2D eigenvalue weighted by atomic mass is 79.9. The number of hydrogen-bond donors (Lipinski definition) is 0. The predicted molar refractivity (Wildman–Crippen MR) is 61.4 cm³/mol. The van der Waals surface area contributed by atoms with Crippen molar-refractivity contribution in [1.82, 2.24) is 0 Å². The molecule has 2 rings (SSSR count). The molecule has 1 fully saturated rings. The third-order valence-electron chi connectivity index (χ3n) is 2.25. The summed E-state index contributed by atoms with van der Waals surface area (Å²) in [5.41, 5.74) is 0. The van der Waals surface area contributed by atoms with Gasteiger partial charge in [0.15, 0.2) is 5.79 Å². The summed E-state index contributed by atoms with van der Waals surface area (Å²) in [6.07, 6.45) is 4.71. The summed E-state index contributed by atoms with van der Waals surface area (Å²) in [6.45, 7) is 7.93. The Morgan fingerprint density at radius 2 is 2.00 bits per heavy atom. The molecule has 2 nitrogen and oxygen atoms in total. The van der Waals surface area contributed by atoms with Gasteiger partial charge in [-0.2, -0.15) is 0 Å². The molecule has 0 aromatic heterocycles. The lowest BCUT2D eigenvalue weighted by atomic mass is 10.0. The summed E-state index contributed by atoms with van der Waals surface area (Å²) < 4.78 is 12.6. The van der Waals surface area contributed by atoms with Crippen molar-refractivity contribution in [1.29, 1.82) is 0 Å². The highest BCUT2D eigenvalue weighted by molar-refractivity contribution is 9.11. The zero-order chi connectivity index (χ0) is 10.8. The third kappa shape index (κ3) is 2.59. The van der Waals surface area contributed by atoms with Crippen LogP contribution in [0.4, 0.5) is 0 Å². The van der Waals surface area contributed by atoms with Crippen LogP contribution in [-0.4, -0.2) is 18.0 Å². The fourth-order valence-electron chi connectivity index (χ4n) is 1.78. The highest BCUT2D eigenvalue weighted by Gasteiger charge is 2.43. The second-order valence-corrected chi connectivity index (χ2v) is 4.68. The number of fused-ring (bicyclic) bond motifs is 1. The van der Waals surface area contributed by atoms with Crippen LogP contribution >= 0.6 is 15.9 Å². The van der Waals surface area contributed by atoms with Crippen molar-refractivity contribution >= 4 is 15.9 Å². The minimum absolute atomic E-state index is 0.133. The van der Waals surface area contributed by atoms with Gasteiger partial charge in [0.1, 0.15) is 6.10 Å². The number of rotatable bonds is 0. The Balaban J connectivity index is 0.000000461. The SMILES string of the molecule is CC.CC1(C)OC2CCC=C(Br)C2O1. The molecule has 0 amide bonds. The van der Waals surface area contributed by atoms with Crippen LogP contribution < -0.4 is 0 Å². The van der Waals surface area contributed by atoms with E-state index in [1.165, 1.54) is 0 Å². The van der Waals surface area contributed by atoms with Gasteiger partial charge in [-0.25, -0.2) is 0 Å². The van der Waals surface area contributed by atoms with Crippen LogP contribution in [-0.2, 0) is 9.47 Å². The number of allylic oxidation sites excluding steroid dienone is 1. The number of ether oxygens (including phenoxy) is 2. The molecular formula is C11H19BrO2. The van der Waals surface area contributed by atoms with Gasteiger partial charge in [0.05, 0.1) is 6.10 Å². The molecule has 2 unspecified atom stereocenters. The molecule has 0 N–H and O–H groups in total. The first kappa shape index (κ1) is 12.2. The molecule has 3 heteroatoms. The monoisotopic (exact) mass is 262 g/mol. The molecular weight excluding hydrogens is 244 g/mol. The van der Waals surface area contributed by atoms with Crippen LogP contribution in [0.1, 0.15) is 40.5 Å². The second kappa shape index (κ2) is 4.77. The molecule has 0 aromatic rings. The molecule has 1 saturated heterocycles. The molecule has 82 valence electrons. The summed E-state index contributed by atoms with van der Waals surface area (Å²) in [5.74, 6) is -0.410. The highest BCUT2D eigenvalue weighted by Crippen LogP contribution is 2.38. The fourth-order valence-corrected chi connectivity index (χ4v) is 2.40. The second-order valence-electron chi connectivity index (χ2n) is 3.76. The van der Waals surface area contributed by atoms with E-state index in [-0.39, 0.29) is 12.2 Å². The van der Waals surface area contributed by atoms with E-state index < -0.39 is 5.79 Å². The molecule has 0 spiro atoms. The number of hydrogen-bond acceptors (Lipinski definition) is 2. The lowest BCUT2D eigenvalue weighted by molar-refractivity contribution is -0.143. The molecule has 2 atom stereocenters. The maximum absolute atomic E-state index is 5.73. The summed E-state index contributed by atoms with van der Waals surface area (Å²) >= 11 is 3.50. The van der Waals surface area contributed by atoms with E-state index in [1.54, 1.807) is 0 Å². The molecule has 1 aliphatic heterocycles. The van der Waals surface area contributed by atoms with Crippen molar-refractivity contribution in [2.45, 2.75) is 58.5 Å². The fraction of sp³-hybridized carbons (Fsp3) is 0.818. The van der Waals surface area contributed by atoms with Gasteiger partial charge < -0.3 is 9.47 Å². The Bertz CT molecular complexity index is 223. The summed E-state index contributed by atoms with van der Waals surface area (Å²) in [4.78, 5) is 0. The topological polar surface area (TPSA) is 18.5 Å². The summed E-state index contributed by atoms with van der Waals surface area (Å²) in [5, 5.41) is 0. The molecule has 1 heterocycles. The van der Waals surface area contributed by atoms with E-state index in [9.17, 15) is 0 Å². The number of halogens is 1. The van der Waals surface area contributed by atoms with Gasteiger partial charge in [0, 0.05) is 4.48 Å². The Morgan fingerprint density at radius 3 is 2.57 bits per heavy atom. The van der Waals surface area contributed by atoms with Gasteiger partial charge in [-0.1, -0.05) is 35.9 Å². The van der Waals surface area contributed by atoms with E-state index in [0.717, 1.165) is 17.3 Å². The van der Waals surface area contributed by atoms with Crippen LogP contribution in [0, 0.1) is 0 Å². The van der Waals surface area contributed by atoms with Gasteiger partial charge in [-0.3, -0.25) is 0 Å². The Kier molecular flexibility index (Phi) is 4.16. The van der Waals surface area contributed by atoms with Crippen LogP contribution in [0.15, 0.2) is 10.6 Å². The van der Waals surface area contributed by atoms with Crippen molar-refractivity contribution in [3.05, 3.63) is 10.6 Å². The average Bonchev–Trinajstić information content (AvgIpc) is 2.45. The maximum atomic E-state index is 5.73. The van der Waals surface area contributed by atoms with Crippen molar-refractivity contribution in [3.8, 4) is 0 Å². The lowest BCUT2D eigenvalue weighted by Crippen LogP contribution is -2.25. The Morgan fingerprint density at radius 1 is 1.36 bits per heavy atom. The molecule has 2 aliphatic rings. The zero-order valence-electron chi connectivity index (χ0n) is 9.34. The maximum Gasteiger partial charge on any atom is 0.164 e. The van der Waals surface area contributed by atoms with Crippen LogP contribution in [0.2, 0.25) is 0 Å². The summed E-state index contributed by atoms with van der Waals surface area (Å²) in [7, 11) is 0. The van der Waals surface area contributed by atoms with Gasteiger partial charge in [0.25, 0.3) is 0 Å². The van der Waals surface area contributed by atoms with Gasteiger partial charge in [-0.05, 0) is 26.7 Å².